The van der Waals surface area contributed by atoms with Crippen LogP contribution in [0.5, 0.6) is 0 Å². The molecule has 0 bridgehead atoms. The summed E-state index contributed by atoms with van der Waals surface area (Å²) in [4.78, 5) is 13.7. The zero-order chi connectivity index (χ0) is 11.8. The monoisotopic (exact) mass is 246 g/mol. The molecular formula is C13H14N2OS. The van der Waals surface area contributed by atoms with Gasteiger partial charge in [0.25, 0.3) is 0 Å². The van der Waals surface area contributed by atoms with Crippen LogP contribution in [0.3, 0.4) is 0 Å². The van der Waals surface area contributed by atoms with Crippen LogP contribution < -0.4 is 10.2 Å². The Morgan fingerprint density at radius 3 is 2.88 bits per heavy atom. The quantitative estimate of drug-likeness (QED) is 0.768. The molecule has 88 valence electrons. The number of benzene rings is 1. The molecule has 1 amide bonds. The number of nitrogens with zero attached hydrogens (tertiary/aromatic N) is 1. The highest BCUT2D eigenvalue weighted by Gasteiger charge is 2.31. The molecule has 1 fully saturated rings. The van der Waals surface area contributed by atoms with Gasteiger partial charge in [-0.25, -0.2) is 0 Å². The first-order valence-corrected chi connectivity index (χ1v) is 6.37. The van der Waals surface area contributed by atoms with Crippen LogP contribution in [0.25, 0.3) is 0 Å². The highest BCUT2D eigenvalue weighted by atomic mass is 32.1. The number of thiocarbonyl (C=S) groups is 1. The van der Waals surface area contributed by atoms with Crippen LogP contribution in [-0.4, -0.2) is 17.6 Å². The molecule has 0 aromatic heterocycles. The van der Waals surface area contributed by atoms with Gasteiger partial charge in [0.05, 0.1) is 0 Å². The molecule has 1 saturated carbocycles. The SMILES string of the molecule is O=C(NC(=S)N1CCc2ccccc21)C1CC1. The molecule has 0 radical (unpaired) electrons. The lowest BCUT2D eigenvalue weighted by molar-refractivity contribution is -0.120. The molecule has 1 aromatic rings. The maximum absolute atomic E-state index is 11.7. The summed E-state index contributed by atoms with van der Waals surface area (Å²) in [5.41, 5.74) is 2.43. The number of rotatable bonds is 1. The Labute approximate surface area is 106 Å². The third kappa shape index (κ3) is 2.05. The van der Waals surface area contributed by atoms with Crippen molar-refractivity contribution in [3.8, 4) is 0 Å². The van der Waals surface area contributed by atoms with E-state index >= 15 is 0 Å². The first-order chi connectivity index (χ1) is 8.25. The number of carbonyl (C=O) groups is 1. The molecule has 3 rings (SSSR count). The van der Waals surface area contributed by atoms with E-state index in [2.05, 4.69) is 17.4 Å². The number of carbonyl (C=O) groups excluding carboxylic acids is 1. The van der Waals surface area contributed by atoms with Gasteiger partial charge in [-0.2, -0.15) is 0 Å². The molecule has 0 spiro atoms. The van der Waals surface area contributed by atoms with Crippen molar-refractivity contribution in [3.05, 3.63) is 29.8 Å². The molecule has 1 heterocycles. The summed E-state index contributed by atoms with van der Waals surface area (Å²) in [7, 11) is 0. The Balaban J connectivity index is 1.73. The van der Waals surface area contributed by atoms with Crippen LogP contribution in [0, 0.1) is 5.92 Å². The van der Waals surface area contributed by atoms with Crippen LogP contribution in [0.4, 0.5) is 5.69 Å². The summed E-state index contributed by atoms with van der Waals surface area (Å²) < 4.78 is 0. The van der Waals surface area contributed by atoms with Crippen molar-refractivity contribution in [2.24, 2.45) is 5.92 Å². The summed E-state index contributed by atoms with van der Waals surface area (Å²) in [5.74, 6) is 0.283. The van der Waals surface area contributed by atoms with Crippen molar-refractivity contribution in [1.29, 1.82) is 0 Å². The largest absolute Gasteiger partial charge is 0.318 e. The van der Waals surface area contributed by atoms with Gasteiger partial charge in [-0.05, 0) is 43.1 Å². The van der Waals surface area contributed by atoms with Crippen LogP contribution in [-0.2, 0) is 11.2 Å². The average Bonchev–Trinajstić information content (AvgIpc) is 3.09. The Morgan fingerprint density at radius 1 is 1.35 bits per heavy atom. The van der Waals surface area contributed by atoms with Crippen LogP contribution in [0.2, 0.25) is 0 Å². The van der Waals surface area contributed by atoms with E-state index in [0.717, 1.165) is 31.5 Å². The van der Waals surface area contributed by atoms with E-state index in [4.69, 9.17) is 12.2 Å². The van der Waals surface area contributed by atoms with E-state index in [1.807, 2.05) is 17.0 Å². The van der Waals surface area contributed by atoms with Gasteiger partial charge in [0, 0.05) is 18.2 Å². The predicted molar refractivity (Wildman–Crippen MR) is 71.0 cm³/mol. The van der Waals surface area contributed by atoms with Crippen molar-refractivity contribution < 1.29 is 4.79 Å². The molecule has 0 unspecified atom stereocenters. The number of hydrogen-bond donors (Lipinski definition) is 1. The van der Waals surface area contributed by atoms with Gasteiger partial charge in [0.15, 0.2) is 5.11 Å². The third-order valence-electron chi connectivity index (χ3n) is 3.31. The van der Waals surface area contributed by atoms with Gasteiger partial charge >= 0.3 is 0 Å². The Hall–Kier alpha value is -1.42. The molecule has 3 nitrogen and oxygen atoms in total. The average molecular weight is 246 g/mol. The van der Waals surface area contributed by atoms with Crippen molar-refractivity contribution in [1.82, 2.24) is 5.32 Å². The fraction of sp³-hybridized carbons (Fsp3) is 0.385. The lowest BCUT2D eigenvalue weighted by Gasteiger charge is -2.20. The molecule has 2 aliphatic rings. The summed E-state index contributed by atoms with van der Waals surface area (Å²) in [6, 6.07) is 8.20. The van der Waals surface area contributed by atoms with Crippen molar-refractivity contribution in [3.63, 3.8) is 0 Å². The minimum atomic E-state index is 0.0828. The van der Waals surface area contributed by atoms with Crippen LogP contribution in [0.15, 0.2) is 24.3 Å². The molecule has 1 aromatic carbocycles. The molecule has 1 aliphatic heterocycles. The van der Waals surface area contributed by atoms with Gasteiger partial charge < -0.3 is 10.2 Å². The second-order valence-corrected chi connectivity index (χ2v) is 4.99. The Bertz CT molecular complexity index is 482. The van der Waals surface area contributed by atoms with Gasteiger partial charge in [-0.1, -0.05) is 18.2 Å². The van der Waals surface area contributed by atoms with E-state index in [9.17, 15) is 4.79 Å². The zero-order valence-corrected chi connectivity index (χ0v) is 10.3. The normalized spacial score (nSPS) is 17.8. The molecule has 1 N–H and O–H groups in total. The van der Waals surface area contributed by atoms with Crippen molar-refractivity contribution in [2.75, 3.05) is 11.4 Å². The topological polar surface area (TPSA) is 32.3 Å². The number of amides is 1. The smallest absolute Gasteiger partial charge is 0.229 e. The summed E-state index contributed by atoms with van der Waals surface area (Å²) in [6.45, 7) is 0.864. The van der Waals surface area contributed by atoms with E-state index < -0.39 is 0 Å². The highest BCUT2D eigenvalue weighted by Crippen LogP contribution is 2.30. The Kier molecular flexibility index (Phi) is 2.59. The summed E-state index contributed by atoms with van der Waals surface area (Å²) >= 11 is 5.31. The zero-order valence-electron chi connectivity index (χ0n) is 9.48. The predicted octanol–water partition coefficient (Wildman–Crippen LogP) is 1.86. The molecule has 0 saturated heterocycles. The molecule has 4 heteroatoms. The summed E-state index contributed by atoms with van der Waals surface area (Å²) in [5, 5.41) is 3.39. The molecule has 0 atom stereocenters. The van der Waals surface area contributed by atoms with Gasteiger partial charge in [0.1, 0.15) is 0 Å². The van der Waals surface area contributed by atoms with E-state index in [1.54, 1.807) is 0 Å². The first kappa shape index (κ1) is 10.7. The second kappa shape index (κ2) is 4.11. The third-order valence-corrected chi connectivity index (χ3v) is 3.63. The van der Waals surface area contributed by atoms with Crippen LogP contribution in [0.1, 0.15) is 18.4 Å². The summed E-state index contributed by atoms with van der Waals surface area (Å²) in [6.07, 6.45) is 3.01. The minimum absolute atomic E-state index is 0.0828. The number of anilines is 1. The minimum Gasteiger partial charge on any atom is -0.318 e. The molecule has 17 heavy (non-hydrogen) atoms. The van der Waals surface area contributed by atoms with Gasteiger partial charge in [-0.15, -0.1) is 0 Å². The first-order valence-electron chi connectivity index (χ1n) is 5.96. The Morgan fingerprint density at radius 2 is 2.12 bits per heavy atom. The highest BCUT2D eigenvalue weighted by molar-refractivity contribution is 7.80. The van der Waals surface area contributed by atoms with E-state index in [0.29, 0.717) is 5.11 Å². The van der Waals surface area contributed by atoms with E-state index in [-0.39, 0.29) is 11.8 Å². The van der Waals surface area contributed by atoms with Crippen molar-refractivity contribution >= 4 is 28.9 Å². The maximum Gasteiger partial charge on any atom is 0.229 e. The van der Waals surface area contributed by atoms with Gasteiger partial charge in [0.2, 0.25) is 5.91 Å². The van der Waals surface area contributed by atoms with Crippen LogP contribution >= 0.6 is 12.2 Å². The van der Waals surface area contributed by atoms with Gasteiger partial charge in [-0.3, -0.25) is 4.79 Å². The number of nitrogens with one attached hydrogen (secondary N) is 1. The lowest BCUT2D eigenvalue weighted by Crippen LogP contribution is -2.42. The van der Waals surface area contributed by atoms with E-state index in [1.165, 1.54) is 5.56 Å². The fourth-order valence-electron chi connectivity index (χ4n) is 2.17. The molecule has 1 aliphatic carbocycles. The maximum atomic E-state index is 11.7. The number of fused-ring (bicyclic) bond motifs is 1. The number of hydrogen-bond acceptors (Lipinski definition) is 2. The molecular weight excluding hydrogens is 232 g/mol. The number of para-hydroxylation sites is 1. The lowest BCUT2D eigenvalue weighted by atomic mass is 10.2. The fourth-order valence-corrected chi connectivity index (χ4v) is 2.46. The standard InChI is InChI=1S/C13H14N2OS/c16-12(10-5-6-10)14-13(17)15-8-7-9-3-1-2-4-11(9)15/h1-4,10H,5-8H2,(H,14,16,17). The second-order valence-electron chi connectivity index (χ2n) is 4.60. The van der Waals surface area contributed by atoms with Crippen molar-refractivity contribution in [2.45, 2.75) is 19.3 Å².